The van der Waals surface area contributed by atoms with E-state index in [2.05, 4.69) is 10.4 Å². The van der Waals surface area contributed by atoms with Crippen molar-refractivity contribution < 1.29 is 9.59 Å². The first-order valence-corrected chi connectivity index (χ1v) is 7.87. The van der Waals surface area contributed by atoms with E-state index in [1.807, 2.05) is 6.07 Å². The van der Waals surface area contributed by atoms with E-state index in [0.717, 1.165) is 5.56 Å². The van der Waals surface area contributed by atoms with E-state index in [4.69, 9.17) is 5.73 Å². The van der Waals surface area contributed by atoms with E-state index >= 15 is 0 Å². The lowest BCUT2D eigenvalue weighted by atomic mass is 10.1. The highest BCUT2D eigenvalue weighted by atomic mass is 16.2. The van der Waals surface area contributed by atoms with Gasteiger partial charge in [-0.1, -0.05) is 30.3 Å². The molecular weight excluding hydrogens is 332 g/mol. The van der Waals surface area contributed by atoms with Crippen LogP contribution in [0.1, 0.15) is 26.4 Å². The molecule has 0 aliphatic carbocycles. The van der Waals surface area contributed by atoms with Gasteiger partial charge in [0.25, 0.3) is 11.5 Å². The Hall–Kier alpha value is -3.74. The summed E-state index contributed by atoms with van der Waals surface area (Å²) in [6.45, 7) is 0.200. The standard InChI is InChI=1S/C19H16N4O3/c20-18(25)14-6-4-5-13(11-14)12-21-19(26)16-9-10-17(24)23(22-16)15-7-2-1-3-8-15/h1-11H,12H2,(H2,20,25)(H,21,26). The van der Waals surface area contributed by atoms with Crippen molar-refractivity contribution in [1.82, 2.24) is 15.1 Å². The molecule has 0 unspecified atom stereocenters. The van der Waals surface area contributed by atoms with Crippen LogP contribution in [-0.2, 0) is 6.54 Å². The predicted octanol–water partition coefficient (Wildman–Crippen LogP) is 1.26. The Balaban J connectivity index is 1.77. The van der Waals surface area contributed by atoms with Gasteiger partial charge in [-0.05, 0) is 35.9 Å². The van der Waals surface area contributed by atoms with Crippen molar-refractivity contribution in [2.75, 3.05) is 0 Å². The van der Waals surface area contributed by atoms with Gasteiger partial charge in [0.05, 0.1) is 5.69 Å². The highest BCUT2D eigenvalue weighted by Crippen LogP contribution is 2.06. The van der Waals surface area contributed by atoms with E-state index in [-0.39, 0.29) is 17.8 Å². The molecule has 3 rings (SSSR count). The molecule has 1 heterocycles. The minimum atomic E-state index is -0.533. The zero-order valence-corrected chi connectivity index (χ0v) is 13.8. The SMILES string of the molecule is NC(=O)c1cccc(CNC(=O)c2ccc(=O)n(-c3ccccc3)n2)c1. The van der Waals surface area contributed by atoms with E-state index < -0.39 is 11.8 Å². The van der Waals surface area contributed by atoms with Crippen LogP contribution < -0.4 is 16.6 Å². The number of hydrogen-bond acceptors (Lipinski definition) is 4. The summed E-state index contributed by atoms with van der Waals surface area (Å²) < 4.78 is 1.17. The smallest absolute Gasteiger partial charge is 0.272 e. The molecule has 0 saturated heterocycles. The highest BCUT2D eigenvalue weighted by molar-refractivity contribution is 5.93. The van der Waals surface area contributed by atoms with Crippen LogP contribution in [0.5, 0.6) is 0 Å². The highest BCUT2D eigenvalue weighted by Gasteiger charge is 2.11. The van der Waals surface area contributed by atoms with Crippen LogP contribution in [0, 0.1) is 0 Å². The van der Waals surface area contributed by atoms with Crippen LogP contribution in [0.4, 0.5) is 0 Å². The van der Waals surface area contributed by atoms with Crippen LogP contribution in [0.15, 0.2) is 71.5 Å². The molecule has 2 aromatic carbocycles. The van der Waals surface area contributed by atoms with Gasteiger partial charge in [-0.3, -0.25) is 14.4 Å². The third kappa shape index (κ3) is 3.84. The lowest BCUT2D eigenvalue weighted by Crippen LogP contribution is -2.28. The quantitative estimate of drug-likeness (QED) is 0.724. The second kappa shape index (κ2) is 7.43. The number of nitrogens with zero attached hydrogens (tertiary/aromatic N) is 2. The summed E-state index contributed by atoms with van der Waals surface area (Å²) in [5.74, 6) is -0.964. The Bertz CT molecular complexity index is 1010. The number of carbonyl (C=O) groups is 2. The molecule has 7 nitrogen and oxygen atoms in total. The summed E-state index contributed by atoms with van der Waals surface area (Å²) >= 11 is 0. The van der Waals surface area contributed by atoms with Gasteiger partial charge in [-0.2, -0.15) is 9.78 Å². The van der Waals surface area contributed by atoms with Crippen molar-refractivity contribution in [2.45, 2.75) is 6.54 Å². The first-order valence-electron chi connectivity index (χ1n) is 7.87. The molecule has 0 bridgehead atoms. The fourth-order valence-corrected chi connectivity index (χ4v) is 2.39. The Morgan fingerprint density at radius 3 is 2.50 bits per heavy atom. The first kappa shape index (κ1) is 17.1. The molecule has 0 radical (unpaired) electrons. The Kier molecular flexibility index (Phi) is 4.89. The number of nitrogens with two attached hydrogens (primary N) is 1. The third-order valence-electron chi connectivity index (χ3n) is 3.70. The lowest BCUT2D eigenvalue weighted by molar-refractivity contribution is 0.0943. The second-order valence-electron chi connectivity index (χ2n) is 5.55. The van der Waals surface area contributed by atoms with Gasteiger partial charge in [0.2, 0.25) is 5.91 Å². The summed E-state index contributed by atoms with van der Waals surface area (Å²) in [7, 11) is 0. The monoisotopic (exact) mass is 348 g/mol. The van der Waals surface area contributed by atoms with Gasteiger partial charge in [-0.25, -0.2) is 0 Å². The summed E-state index contributed by atoms with van der Waals surface area (Å²) in [6.07, 6.45) is 0. The maximum atomic E-state index is 12.4. The molecule has 0 aliphatic rings. The predicted molar refractivity (Wildman–Crippen MR) is 96.0 cm³/mol. The number of amides is 2. The number of para-hydroxylation sites is 1. The van der Waals surface area contributed by atoms with Crippen molar-refractivity contribution in [3.8, 4) is 5.69 Å². The van der Waals surface area contributed by atoms with Crippen LogP contribution in [0.3, 0.4) is 0 Å². The van der Waals surface area contributed by atoms with Crippen LogP contribution >= 0.6 is 0 Å². The molecule has 7 heteroatoms. The fraction of sp³-hybridized carbons (Fsp3) is 0.0526. The molecular formula is C19H16N4O3. The topological polar surface area (TPSA) is 107 Å². The van der Waals surface area contributed by atoms with Gasteiger partial charge in [0.15, 0.2) is 0 Å². The Morgan fingerprint density at radius 1 is 1.00 bits per heavy atom. The van der Waals surface area contributed by atoms with Gasteiger partial charge in [-0.15, -0.1) is 0 Å². The third-order valence-corrected chi connectivity index (χ3v) is 3.70. The molecule has 3 aromatic rings. The van der Waals surface area contributed by atoms with Crippen molar-refractivity contribution in [3.05, 3.63) is 93.9 Å². The summed E-state index contributed by atoms with van der Waals surface area (Å²) in [5, 5.41) is 6.83. The normalized spacial score (nSPS) is 10.3. The largest absolute Gasteiger partial charge is 0.366 e. The molecule has 0 spiro atoms. The van der Waals surface area contributed by atoms with Gasteiger partial charge in [0.1, 0.15) is 5.69 Å². The maximum Gasteiger partial charge on any atom is 0.272 e. The summed E-state index contributed by atoms with van der Waals surface area (Å²) in [5.41, 5.74) is 6.69. The van der Waals surface area contributed by atoms with Crippen LogP contribution in [0.25, 0.3) is 5.69 Å². The molecule has 2 amide bonds. The average molecular weight is 348 g/mol. The molecule has 0 aliphatic heterocycles. The van der Waals surface area contributed by atoms with E-state index in [1.165, 1.54) is 16.8 Å². The molecule has 3 N–H and O–H groups in total. The van der Waals surface area contributed by atoms with Gasteiger partial charge in [0, 0.05) is 18.2 Å². The molecule has 0 atom stereocenters. The number of hydrogen-bond donors (Lipinski definition) is 2. The zero-order valence-electron chi connectivity index (χ0n) is 13.8. The van der Waals surface area contributed by atoms with E-state index in [9.17, 15) is 14.4 Å². The van der Waals surface area contributed by atoms with Crippen molar-refractivity contribution in [2.24, 2.45) is 5.73 Å². The van der Waals surface area contributed by atoms with E-state index in [0.29, 0.717) is 11.3 Å². The van der Waals surface area contributed by atoms with Crippen LogP contribution in [-0.4, -0.2) is 21.6 Å². The number of aromatic nitrogens is 2. The van der Waals surface area contributed by atoms with Crippen molar-refractivity contribution >= 4 is 11.8 Å². The lowest BCUT2D eigenvalue weighted by Gasteiger charge is -2.08. The zero-order chi connectivity index (χ0) is 18.5. The fourth-order valence-electron chi connectivity index (χ4n) is 2.39. The summed E-state index contributed by atoms with van der Waals surface area (Å²) in [4.78, 5) is 35.6. The number of carbonyl (C=O) groups excluding carboxylic acids is 2. The van der Waals surface area contributed by atoms with Crippen molar-refractivity contribution in [3.63, 3.8) is 0 Å². The average Bonchev–Trinajstić information content (AvgIpc) is 2.67. The first-order chi connectivity index (χ1) is 12.5. The van der Waals surface area contributed by atoms with Gasteiger partial charge < -0.3 is 11.1 Å². The maximum absolute atomic E-state index is 12.4. The number of nitrogens with one attached hydrogen (secondary N) is 1. The minimum Gasteiger partial charge on any atom is -0.366 e. The second-order valence-corrected chi connectivity index (χ2v) is 5.55. The molecule has 0 saturated carbocycles. The number of benzene rings is 2. The minimum absolute atomic E-state index is 0.111. The molecule has 0 fully saturated rings. The van der Waals surface area contributed by atoms with Gasteiger partial charge >= 0.3 is 0 Å². The number of rotatable bonds is 5. The van der Waals surface area contributed by atoms with E-state index in [1.54, 1.807) is 48.5 Å². The summed E-state index contributed by atoms with van der Waals surface area (Å²) in [6, 6.07) is 18.2. The molecule has 26 heavy (non-hydrogen) atoms. The number of primary amides is 1. The van der Waals surface area contributed by atoms with Crippen LogP contribution in [0.2, 0.25) is 0 Å². The Labute approximate surface area is 149 Å². The van der Waals surface area contributed by atoms with Crippen molar-refractivity contribution in [1.29, 1.82) is 0 Å². The molecule has 1 aromatic heterocycles. The Morgan fingerprint density at radius 2 is 1.77 bits per heavy atom. The molecule has 130 valence electrons.